The second-order valence-electron chi connectivity index (χ2n) is 8.63. The lowest BCUT2D eigenvalue weighted by molar-refractivity contribution is 0.0939. The zero-order valence-electron chi connectivity index (χ0n) is 19.1. The molecule has 1 aliphatic heterocycles. The molecule has 0 radical (unpaired) electrons. The second-order valence-corrected chi connectivity index (χ2v) is 10.9. The first kappa shape index (κ1) is 24.6. The molecule has 0 spiro atoms. The van der Waals surface area contributed by atoms with Gasteiger partial charge in [-0.25, -0.2) is 8.42 Å². The third kappa shape index (κ3) is 5.27. The van der Waals surface area contributed by atoms with E-state index in [4.69, 9.17) is 11.6 Å². The molecule has 1 aliphatic rings. The van der Waals surface area contributed by atoms with Crippen LogP contribution in [0, 0.1) is 0 Å². The third-order valence-electron chi connectivity index (χ3n) is 5.82. The standard InChI is InChI=1S/C24H32ClN3O3S/c1-17(2)27(18(3)4)15-13-26-24(29)21-16-20(11-12-22(21)25)32(30,31)28-14-7-9-19-8-5-6-10-23(19)28/h5-6,8,10-12,16-18H,7,9,13-15H2,1-4H3,(H,26,29). The summed E-state index contributed by atoms with van der Waals surface area (Å²) in [6, 6.07) is 12.6. The van der Waals surface area contributed by atoms with Crippen LogP contribution in [0.1, 0.15) is 50.0 Å². The summed E-state index contributed by atoms with van der Waals surface area (Å²) >= 11 is 6.27. The van der Waals surface area contributed by atoms with Crippen molar-refractivity contribution in [3.63, 3.8) is 0 Å². The van der Waals surface area contributed by atoms with Crippen LogP contribution in [0.15, 0.2) is 47.4 Å². The van der Waals surface area contributed by atoms with Crippen molar-refractivity contribution in [3.05, 3.63) is 58.6 Å². The predicted molar refractivity (Wildman–Crippen MR) is 130 cm³/mol. The molecule has 174 valence electrons. The Morgan fingerprint density at radius 3 is 2.50 bits per heavy atom. The van der Waals surface area contributed by atoms with E-state index in [9.17, 15) is 13.2 Å². The Morgan fingerprint density at radius 2 is 1.81 bits per heavy atom. The third-order valence-corrected chi connectivity index (χ3v) is 7.96. The van der Waals surface area contributed by atoms with E-state index in [1.54, 1.807) is 0 Å². The van der Waals surface area contributed by atoms with Gasteiger partial charge >= 0.3 is 0 Å². The largest absolute Gasteiger partial charge is 0.351 e. The van der Waals surface area contributed by atoms with Gasteiger partial charge in [0.2, 0.25) is 0 Å². The normalized spacial score (nSPS) is 14.2. The van der Waals surface area contributed by atoms with Gasteiger partial charge in [0.25, 0.3) is 15.9 Å². The number of aryl methyl sites for hydroxylation is 1. The highest BCUT2D eigenvalue weighted by Crippen LogP contribution is 2.32. The zero-order valence-corrected chi connectivity index (χ0v) is 20.7. The smallest absolute Gasteiger partial charge is 0.264 e. The van der Waals surface area contributed by atoms with Gasteiger partial charge in [-0.05, 0) is 70.4 Å². The van der Waals surface area contributed by atoms with Gasteiger partial charge in [0, 0.05) is 31.7 Å². The maximum absolute atomic E-state index is 13.4. The molecular formula is C24H32ClN3O3S. The maximum atomic E-state index is 13.4. The van der Waals surface area contributed by atoms with E-state index in [1.165, 1.54) is 22.5 Å². The first-order valence-corrected chi connectivity index (χ1v) is 12.9. The Balaban J connectivity index is 1.80. The number of nitrogens with one attached hydrogen (secondary N) is 1. The van der Waals surface area contributed by atoms with Crippen LogP contribution in [0.5, 0.6) is 0 Å². The molecule has 32 heavy (non-hydrogen) atoms. The summed E-state index contributed by atoms with van der Waals surface area (Å²) in [6.45, 7) is 10.0. The number of rotatable bonds is 8. The van der Waals surface area contributed by atoms with Crippen molar-refractivity contribution in [1.82, 2.24) is 10.2 Å². The molecule has 3 rings (SSSR count). The number of para-hydroxylation sites is 1. The Morgan fingerprint density at radius 1 is 1.12 bits per heavy atom. The Kier molecular flexibility index (Phi) is 7.85. The SMILES string of the molecule is CC(C)N(CCNC(=O)c1cc(S(=O)(=O)N2CCCc3ccccc32)ccc1Cl)C(C)C. The van der Waals surface area contributed by atoms with Crippen LogP contribution >= 0.6 is 11.6 Å². The van der Waals surface area contributed by atoms with Crippen LogP contribution < -0.4 is 9.62 Å². The monoisotopic (exact) mass is 477 g/mol. The van der Waals surface area contributed by atoms with Crippen LogP contribution in [0.2, 0.25) is 5.02 Å². The fraction of sp³-hybridized carbons (Fsp3) is 0.458. The van der Waals surface area contributed by atoms with Crippen molar-refractivity contribution in [2.45, 2.75) is 57.5 Å². The van der Waals surface area contributed by atoms with Crippen LogP contribution in [0.25, 0.3) is 0 Å². The van der Waals surface area contributed by atoms with E-state index in [2.05, 4.69) is 37.9 Å². The number of sulfonamides is 1. The average Bonchev–Trinajstić information content (AvgIpc) is 2.75. The van der Waals surface area contributed by atoms with E-state index in [0.717, 1.165) is 18.4 Å². The van der Waals surface area contributed by atoms with Crippen LogP contribution in [0.3, 0.4) is 0 Å². The minimum absolute atomic E-state index is 0.0646. The summed E-state index contributed by atoms with van der Waals surface area (Å²) in [5, 5.41) is 3.11. The summed E-state index contributed by atoms with van der Waals surface area (Å²) in [5.41, 5.74) is 1.87. The fourth-order valence-corrected chi connectivity index (χ4v) is 5.99. The van der Waals surface area contributed by atoms with Crippen molar-refractivity contribution in [1.29, 1.82) is 0 Å². The molecule has 1 amide bonds. The molecule has 0 unspecified atom stereocenters. The van der Waals surface area contributed by atoms with E-state index in [0.29, 0.717) is 37.4 Å². The van der Waals surface area contributed by atoms with Gasteiger partial charge in [0.15, 0.2) is 0 Å². The minimum Gasteiger partial charge on any atom is -0.351 e. The molecule has 8 heteroatoms. The zero-order chi connectivity index (χ0) is 23.5. The maximum Gasteiger partial charge on any atom is 0.264 e. The van der Waals surface area contributed by atoms with Gasteiger partial charge in [-0.3, -0.25) is 14.0 Å². The van der Waals surface area contributed by atoms with Gasteiger partial charge in [0.1, 0.15) is 0 Å². The molecule has 1 N–H and O–H groups in total. The molecule has 0 aliphatic carbocycles. The highest BCUT2D eigenvalue weighted by Gasteiger charge is 2.30. The molecule has 2 aromatic rings. The van der Waals surface area contributed by atoms with Crippen LogP contribution in [-0.4, -0.2) is 50.9 Å². The number of amides is 1. The fourth-order valence-electron chi connectivity index (χ4n) is 4.22. The van der Waals surface area contributed by atoms with Gasteiger partial charge in [-0.1, -0.05) is 29.8 Å². The van der Waals surface area contributed by atoms with Crippen LogP contribution in [0.4, 0.5) is 5.69 Å². The Bertz CT molecular complexity index is 1060. The van der Waals surface area contributed by atoms with Crippen LogP contribution in [-0.2, 0) is 16.4 Å². The summed E-state index contributed by atoms with van der Waals surface area (Å²) in [6.07, 6.45) is 1.60. The molecule has 0 saturated heterocycles. The number of hydrogen-bond acceptors (Lipinski definition) is 4. The summed E-state index contributed by atoms with van der Waals surface area (Å²) in [5.74, 6) is -0.376. The molecule has 0 saturated carbocycles. The molecule has 0 atom stereocenters. The lowest BCUT2D eigenvalue weighted by Crippen LogP contribution is -2.42. The van der Waals surface area contributed by atoms with Crippen molar-refractivity contribution in [2.75, 3.05) is 23.9 Å². The lowest BCUT2D eigenvalue weighted by Gasteiger charge is -2.30. The first-order chi connectivity index (χ1) is 15.1. The number of carbonyl (C=O) groups excluding carboxylic acids is 1. The highest BCUT2D eigenvalue weighted by atomic mass is 35.5. The summed E-state index contributed by atoms with van der Waals surface area (Å²) in [7, 11) is -3.82. The number of anilines is 1. The number of hydrogen-bond donors (Lipinski definition) is 1. The van der Waals surface area contributed by atoms with E-state index in [1.807, 2.05) is 24.3 Å². The summed E-state index contributed by atoms with van der Waals surface area (Å²) < 4.78 is 28.3. The van der Waals surface area contributed by atoms with Gasteiger partial charge in [-0.2, -0.15) is 0 Å². The molecule has 0 fully saturated rings. The van der Waals surface area contributed by atoms with Crippen molar-refractivity contribution in [2.24, 2.45) is 0 Å². The van der Waals surface area contributed by atoms with E-state index < -0.39 is 10.0 Å². The van der Waals surface area contributed by atoms with E-state index in [-0.39, 0.29) is 21.4 Å². The van der Waals surface area contributed by atoms with Gasteiger partial charge in [0.05, 0.1) is 21.2 Å². The van der Waals surface area contributed by atoms with E-state index >= 15 is 0 Å². The topological polar surface area (TPSA) is 69.7 Å². The first-order valence-electron chi connectivity index (χ1n) is 11.1. The number of carbonyl (C=O) groups is 1. The lowest BCUT2D eigenvalue weighted by atomic mass is 10.0. The Hall–Kier alpha value is -2.09. The van der Waals surface area contributed by atoms with Gasteiger partial charge in [-0.15, -0.1) is 0 Å². The number of benzene rings is 2. The second kappa shape index (κ2) is 10.2. The van der Waals surface area contributed by atoms with Crippen molar-refractivity contribution in [3.8, 4) is 0 Å². The average molecular weight is 478 g/mol. The quantitative estimate of drug-likeness (QED) is 0.614. The van der Waals surface area contributed by atoms with Crippen molar-refractivity contribution < 1.29 is 13.2 Å². The molecule has 1 heterocycles. The number of halogens is 1. The molecule has 0 aromatic heterocycles. The number of fused-ring (bicyclic) bond motifs is 1. The molecule has 0 bridgehead atoms. The summed E-state index contributed by atoms with van der Waals surface area (Å²) in [4.78, 5) is 15.2. The Labute approximate surface area is 196 Å². The number of nitrogens with zero attached hydrogens (tertiary/aromatic N) is 2. The molecule has 2 aromatic carbocycles. The van der Waals surface area contributed by atoms with Gasteiger partial charge < -0.3 is 5.32 Å². The molecule has 6 nitrogen and oxygen atoms in total. The van der Waals surface area contributed by atoms with Crippen molar-refractivity contribution >= 4 is 33.2 Å². The predicted octanol–water partition coefficient (Wildman–Crippen LogP) is 4.33. The highest BCUT2D eigenvalue weighted by molar-refractivity contribution is 7.92. The minimum atomic E-state index is -3.82. The molecular weight excluding hydrogens is 446 g/mol.